The van der Waals surface area contributed by atoms with Gasteiger partial charge < -0.3 is 4.90 Å². The van der Waals surface area contributed by atoms with Gasteiger partial charge in [-0.05, 0) is 41.6 Å². The predicted octanol–water partition coefficient (Wildman–Crippen LogP) is 4.28. The molecule has 1 aliphatic heterocycles. The van der Waals surface area contributed by atoms with Crippen LogP contribution in [-0.4, -0.2) is 36.8 Å². The molecule has 1 fully saturated rings. The van der Waals surface area contributed by atoms with Crippen molar-refractivity contribution in [3.05, 3.63) is 62.3 Å². The van der Waals surface area contributed by atoms with E-state index in [-0.39, 0.29) is 23.5 Å². The third kappa shape index (κ3) is 4.88. The van der Waals surface area contributed by atoms with Gasteiger partial charge in [0.25, 0.3) is 0 Å². The first kappa shape index (κ1) is 19.4. The van der Waals surface area contributed by atoms with Crippen molar-refractivity contribution in [1.29, 1.82) is 0 Å². The minimum absolute atomic E-state index is 0.0135. The molecule has 1 aromatic heterocycles. The predicted molar refractivity (Wildman–Crippen MR) is 107 cm³/mol. The Morgan fingerprint density at radius 3 is 2.73 bits per heavy atom. The number of thiophene rings is 1. The summed E-state index contributed by atoms with van der Waals surface area (Å²) in [6.07, 6.45) is 3.54. The first-order chi connectivity index (χ1) is 12.3. The highest BCUT2D eigenvalue weighted by atomic mass is 35.5. The van der Waals surface area contributed by atoms with E-state index in [1.807, 2.05) is 17.5 Å². The molecular weight excluding hydrogens is 413 g/mol. The van der Waals surface area contributed by atoms with E-state index < -0.39 is 9.84 Å². The van der Waals surface area contributed by atoms with Crippen LogP contribution in [0.4, 0.5) is 0 Å². The highest BCUT2D eigenvalue weighted by Gasteiger charge is 2.34. The van der Waals surface area contributed by atoms with Crippen molar-refractivity contribution in [3.63, 3.8) is 0 Å². The van der Waals surface area contributed by atoms with Crippen LogP contribution in [0.5, 0.6) is 0 Å². The topological polar surface area (TPSA) is 54.5 Å². The Labute approximate surface area is 167 Å². The van der Waals surface area contributed by atoms with E-state index in [1.165, 1.54) is 6.08 Å². The summed E-state index contributed by atoms with van der Waals surface area (Å²) >= 11 is 13.6. The number of nitrogens with zero attached hydrogens (tertiary/aromatic N) is 1. The lowest BCUT2D eigenvalue weighted by Crippen LogP contribution is -2.39. The molecule has 0 radical (unpaired) electrons. The third-order valence-electron chi connectivity index (χ3n) is 4.21. The zero-order chi connectivity index (χ0) is 18.7. The SMILES string of the molecule is O=C(/C=C\c1ccc(Cl)cc1Cl)N(Cc1cccs1)[C@@H]1CCS(=O)(=O)C1. The summed E-state index contributed by atoms with van der Waals surface area (Å²) in [5.74, 6) is -0.0929. The number of carbonyl (C=O) groups is 1. The molecule has 8 heteroatoms. The molecule has 0 saturated carbocycles. The van der Waals surface area contributed by atoms with Crippen molar-refractivity contribution in [2.75, 3.05) is 11.5 Å². The van der Waals surface area contributed by atoms with Gasteiger partial charge in [-0.15, -0.1) is 11.3 Å². The number of amides is 1. The standard InChI is InChI=1S/C18H17Cl2NO3S2/c19-14-5-3-13(17(20)10-14)4-6-18(22)21(11-16-2-1-8-25-16)15-7-9-26(23,24)12-15/h1-6,8,10,15H,7,9,11-12H2/b6-4-/t15-/m1/s1. The Morgan fingerprint density at radius 1 is 1.31 bits per heavy atom. The van der Waals surface area contributed by atoms with Gasteiger partial charge >= 0.3 is 0 Å². The van der Waals surface area contributed by atoms with Crippen LogP contribution in [0.1, 0.15) is 16.9 Å². The highest BCUT2D eigenvalue weighted by molar-refractivity contribution is 7.91. The largest absolute Gasteiger partial charge is 0.330 e. The Bertz CT molecular complexity index is 924. The van der Waals surface area contributed by atoms with Gasteiger partial charge in [-0.3, -0.25) is 4.79 Å². The molecule has 1 aliphatic rings. The van der Waals surface area contributed by atoms with Crippen molar-refractivity contribution in [3.8, 4) is 0 Å². The van der Waals surface area contributed by atoms with Gasteiger partial charge in [0.1, 0.15) is 0 Å². The van der Waals surface area contributed by atoms with Crippen LogP contribution in [0.3, 0.4) is 0 Å². The third-order valence-corrected chi connectivity index (χ3v) is 7.38. The normalized spacial score (nSPS) is 19.1. The Morgan fingerprint density at radius 2 is 2.12 bits per heavy atom. The molecule has 0 N–H and O–H groups in total. The lowest BCUT2D eigenvalue weighted by Gasteiger charge is -2.26. The number of hydrogen-bond acceptors (Lipinski definition) is 4. The van der Waals surface area contributed by atoms with E-state index in [1.54, 1.807) is 40.5 Å². The average Bonchev–Trinajstić information content (AvgIpc) is 3.20. The molecule has 138 valence electrons. The van der Waals surface area contributed by atoms with Crippen molar-refractivity contribution < 1.29 is 13.2 Å². The van der Waals surface area contributed by atoms with Crippen molar-refractivity contribution in [2.45, 2.75) is 19.0 Å². The molecule has 0 bridgehead atoms. The summed E-state index contributed by atoms with van der Waals surface area (Å²) in [4.78, 5) is 15.4. The van der Waals surface area contributed by atoms with Crippen LogP contribution in [0.25, 0.3) is 6.08 Å². The number of rotatable bonds is 5. The highest BCUT2D eigenvalue weighted by Crippen LogP contribution is 2.24. The van der Waals surface area contributed by atoms with Crippen molar-refractivity contribution in [1.82, 2.24) is 4.90 Å². The van der Waals surface area contributed by atoms with Gasteiger partial charge in [0.2, 0.25) is 5.91 Å². The lowest BCUT2D eigenvalue weighted by molar-refractivity contribution is -0.128. The Balaban J connectivity index is 1.81. The Hall–Kier alpha value is -1.34. The van der Waals surface area contributed by atoms with Gasteiger partial charge in [-0.25, -0.2) is 8.42 Å². The van der Waals surface area contributed by atoms with Gasteiger partial charge in [-0.1, -0.05) is 35.3 Å². The second kappa shape index (κ2) is 8.13. The van der Waals surface area contributed by atoms with Crippen LogP contribution >= 0.6 is 34.5 Å². The number of halogens is 2. The smallest absolute Gasteiger partial charge is 0.247 e. The molecule has 2 heterocycles. The van der Waals surface area contributed by atoms with Crippen LogP contribution in [0.2, 0.25) is 10.0 Å². The quantitative estimate of drug-likeness (QED) is 0.666. The van der Waals surface area contributed by atoms with Crippen LogP contribution in [0, 0.1) is 0 Å². The zero-order valence-corrected chi connectivity index (χ0v) is 16.9. The van der Waals surface area contributed by atoms with E-state index in [0.29, 0.717) is 28.6 Å². The molecule has 1 amide bonds. The van der Waals surface area contributed by atoms with E-state index in [9.17, 15) is 13.2 Å². The van der Waals surface area contributed by atoms with Gasteiger partial charge in [-0.2, -0.15) is 0 Å². The Kier molecular flexibility index (Phi) is 6.07. The zero-order valence-electron chi connectivity index (χ0n) is 13.8. The second-order valence-corrected chi connectivity index (χ2v) is 10.2. The van der Waals surface area contributed by atoms with Crippen LogP contribution in [-0.2, 0) is 21.2 Å². The van der Waals surface area contributed by atoms with Crippen LogP contribution in [0.15, 0.2) is 41.8 Å². The molecule has 0 unspecified atom stereocenters. The molecule has 0 spiro atoms. The van der Waals surface area contributed by atoms with E-state index in [2.05, 4.69) is 0 Å². The maximum Gasteiger partial charge on any atom is 0.247 e. The lowest BCUT2D eigenvalue weighted by atomic mass is 10.1. The number of carbonyl (C=O) groups excluding carboxylic acids is 1. The van der Waals surface area contributed by atoms with E-state index in [4.69, 9.17) is 23.2 Å². The number of benzene rings is 1. The fraction of sp³-hybridized carbons (Fsp3) is 0.278. The molecule has 1 aromatic carbocycles. The average molecular weight is 430 g/mol. The number of hydrogen-bond donors (Lipinski definition) is 0. The summed E-state index contributed by atoms with van der Waals surface area (Å²) in [5, 5.41) is 2.91. The summed E-state index contributed by atoms with van der Waals surface area (Å²) in [6.45, 7) is 0.398. The van der Waals surface area contributed by atoms with E-state index in [0.717, 1.165) is 4.88 Å². The summed E-state index contributed by atoms with van der Waals surface area (Å²) in [5.41, 5.74) is 0.680. The molecule has 1 atom stereocenters. The fourth-order valence-corrected chi connectivity index (χ4v) is 5.78. The molecule has 2 aromatic rings. The molecule has 26 heavy (non-hydrogen) atoms. The van der Waals surface area contributed by atoms with Crippen LogP contribution < -0.4 is 0 Å². The molecular formula is C18H17Cl2NO3S2. The summed E-state index contributed by atoms with van der Waals surface area (Å²) in [6, 6.07) is 8.59. The summed E-state index contributed by atoms with van der Waals surface area (Å²) < 4.78 is 23.7. The van der Waals surface area contributed by atoms with Gasteiger partial charge in [0, 0.05) is 27.0 Å². The maximum atomic E-state index is 12.8. The molecule has 3 rings (SSSR count). The summed E-state index contributed by atoms with van der Waals surface area (Å²) in [7, 11) is -3.08. The van der Waals surface area contributed by atoms with Gasteiger partial charge in [0.15, 0.2) is 9.84 Å². The number of sulfone groups is 1. The van der Waals surface area contributed by atoms with Gasteiger partial charge in [0.05, 0.1) is 18.1 Å². The molecule has 0 aliphatic carbocycles. The maximum absolute atomic E-state index is 12.8. The fourth-order valence-electron chi connectivity index (χ4n) is 2.87. The first-order valence-corrected chi connectivity index (χ1v) is 11.5. The molecule has 4 nitrogen and oxygen atoms in total. The molecule has 1 saturated heterocycles. The second-order valence-electron chi connectivity index (χ2n) is 6.10. The monoisotopic (exact) mass is 429 g/mol. The van der Waals surface area contributed by atoms with Crippen molar-refractivity contribution >= 4 is 56.4 Å². The minimum atomic E-state index is -3.08. The van der Waals surface area contributed by atoms with E-state index >= 15 is 0 Å². The van der Waals surface area contributed by atoms with Crippen molar-refractivity contribution in [2.24, 2.45) is 0 Å². The first-order valence-electron chi connectivity index (χ1n) is 8.00. The minimum Gasteiger partial charge on any atom is -0.330 e.